The summed E-state index contributed by atoms with van der Waals surface area (Å²) < 4.78 is 0.185. The Hall–Kier alpha value is -0.220. The highest BCUT2D eigenvalue weighted by Gasteiger charge is 2.24. The fraction of sp³-hybridized carbons (Fsp3) is 0.889. The van der Waals surface area contributed by atoms with E-state index in [0.29, 0.717) is 0 Å². The highest BCUT2D eigenvalue weighted by Crippen LogP contribution is 2.29. The molecule has 0 heterocycles. The Morgan fingerprint density at radius 3 is 2.31 bits per heavy atom. The van der Waals surface area contributed by atoms with Crippen molar-refractivity contribution in [3.05, 3.63) is 0 Å². The van der Waals surface area contributed by atoms with Gasteiger partial charge >= 0.3 is 0 Å². The third kappa shape index (κ3) is 4.00. The largest absolute Gasteiger partial charge is 0.354 e. The highest BCUT2D eigenvalue weighted by molar-refractivity contribution is 8.00. The van der Waals surface area contributed by atoms with Gasteiger partial charge in [-0.2, -0.15) is 11.8 Å². The van der Waals surface area contributed by atoms with Crippen LogP contribution in [0.2, 0.25) is 0 Å². The van der Waals surface area contributed by atoms with Crippen molar-refractivity contribution in [3.8, 4) is 0 Å². The van der Waals surface area contributed by atoms with Crippen molar-refractivity contribution in [3.63, 3.8) is 0 Å². The van der Waals surface area contributed by atoms with Gasteiger partial charge in [0.1, 0.15) is 0 Å². The van der Waals surface area contributed by atoms with E-state index in [0.717, 1.165) is 19.4 Å². The monoisotopic (exact) mass is 204 g/mol. The van der Waals surface area contributed by atoms with Gasteiger partial charge in [0.2, 0.25) is 5.91 Å². The van der Waals surface area contributed by atoms with E-state index in [9.17, 15) is 4.79 Å². The predicted octanol–water partition coefficient (Wildman–Crippen LogP) is 0.983. The first-order chi connectivity index (χ1) is 6.14. The SMILES string of the molecule is CCC(CC)(CNC(=O)CN)SC. The summed E-state index contributed by atoms with van der Waals surface area (Å²) in [4.78, 5) is 11.0. The first-order valence-corrected chi connectivity index (χ1v) is 5.88. The Labute approximate surface area is 84.8 Å². The van der Waals surface area contributed by atoms with Crippen molar-refractivity contribution in [2.45, 2.75) is 31.4 Å². The smallest absolute Gasteiger partial charge is 0.233 e. The minimum Gasteiger partial charge on any atom is -0.354 e. The van der Waals surface area contributed by atoms with E-state index in [1.807, 2.05) is 11.8 Å². The predicted molar refractivity (Wildman–Crippen MR) is 58.9 cm³/mol. The number of carbonyl (C=O) groups excluding carboxylic acids is 1. The zero-order chi connectivity index (χ0) is 10.3. The number of thioether (sulfide) groups is 1. The lowest BCUT2D eigenvalue weighted by Gasteiger charge is -2.29. The molecule has 78 valence electrons. The maximum Gasteiger partial charge on any atom is 0.233 e. The number of nitrogens with two attached hydrogens (primary N) is 1. The Kier molecular flexibility index (Phi) is 6.16. The second-order valence-electron chi connectivity index (χ2n) is 3.08. The molecule has 0 bridgehead atoms. The lowest BCUT2D eigenvalue weighted by molar-refractivity contribution is -0.119. The molecule has 0 saturated carbocycles. The van der Waals surface area contributed by atoms with Crippen LogP contribution in [0.4, 0.5) is 0 Å². The summed E-state index contributed by atoms with van der Waals surface area (Å²) in [5.41, 5.74) is 5.21. The van der Waals surface area contributed by atoms with E-state index in [1.165, 1.54) is 0 Å². The molecule has 0 aliphatic carbocycles. The molecule has 13 heavy (non-hydrogen) atoms. The lowest BCUT2D eigenvalue weighted by Crippen LogP contribution is -2.41. The third-order valence-electron chi connectivity index (χ3n) is 2.51. The molecule has 0 spiro atoms. The third-order valence-corrected chi connectivity index (χ3v) is 4.10. The maximum atomic E-state index is 11.0. The second kappa shape index (κ2) is 6.27. The molecule has 0 saturated heterocycles. The molecule has 1 amide bonds. The minimum atomic E-state index is -0.0691. The van der Waals surface area contributed by atoms with Crippen LogP contribution in [0.5, 0.6) is 0 Å². The fourth-order valence-corrected chi connectivity index (χ4v) is 1.99. The Bertz CT molecular complexity index is 149. The molecule has 0 aromatic carbocycles. The number of rotatable bonds is 6. The van der Waals surface area contributed by atoms with Crippen LogP contribution in [0.3, 0.4) is 0 Å². The van der Waals surface area contributed by atoms with Crippen molar-refractivity contribution in [2.24, 2.45) is 5.73 Å². The molecule has 4 heteroatoms. The first-order valence-electron chi connectivity index (χ1n) is 4.66. The zero-order valence-corrected chi connectivity index (χ0v) is 9.54. The van der Waals surface area contributed by atoms with Crippen LogP contribution in [0.25, 0.3) is 0 Å². The Morgan fingerprint density at radius 2 is 2.00 bits per heavy atom. The van der Waals surface area contributed by atoms with E-state index < -0.39 is 0 Å². The number of hydrogen-bond donors (Lipinski definition) is 2. The van der Waals surface area contributed by atoms with Gasteiger partial charge in [-0.05, 0) is 19.1 Å². The maximum absolute atomic E-state index is 11.0. The molecule has 0 atom stereocenters. The summed E-state index contributed by atoms with van der Waals surface area (Å²) in [6.45, 7) is 5.10. The van der Waals surface area contributed by atoms with Gasteiger partial charge in [-0.25, -0.2) is 0 Å². The Balaban J connectivity index is 4.02. The summed E-state index contributed by atoms with van der Waals surface area (Å²) in [6, 6.07) is 0. The molecule has 3 nitrogen and oxygen atoms in total. The van der Waals surface area contributed by atoms with Gasteiger partial charge in [0.15, 0.2) is 0 Å². The summed E-state index contributed by atoms with van der Waals surface area (Å²) in [5, 5.41) is 2.84. The van der Waals surface area contributed by atoms with Crippen LogP contribution in [0.1, 0.15) is 26.7 Å². The van der Waals surface area contributed by atoms with Crippen LogP contribution in [0, 0.1) is 0 Å². The van der Waals surface area contributed by atoms with Crippen molar-refractivity contribution < 1.29 is 4.79 Å². The van der Waals surface area contributed by atoms with Gasteiger partial charge in [0.25, 0.3) is 0 Å². The molecule has 0 unspecified atom stereocenters. The molecule has 0 aromatic rings. The molecule has 0 rings (SSSR count). The minimum absolute atomic E-state index is 0.0691. The van der Waals surface area contributed by atoms with Crippen LogP contribution in [0.15, 0.2) is 0 Å². The molecular formula is C9H20N2OS. The molecular weight excluding hydrogens is 184 g/mol. The van der Waals surface area contributed by atoms with Gasteiger partial charge in [-0.3, -0.25) is 4.79 Å². The molecule has 3 N–H and O–H groups in total. The number of carbonyl (C=O) groups is 1. The molecule has 0 fully saturated rings. The number of hydrogen-bond acceptors (Lipinski definition) is 3. The summed E-state index contributed by atoms with van der Waals surface area (Å²) in [5.74, 6) is -0.0691. The number of amides is 1. The zero-order valence-electron chi connectivity index (χ0n) is 8.72. The highest BCUT2D eigenvalue weighted by atomic mass is 32.2. The van der Waals surface area contributed by atoms with Gasteiger partial charge < -0.3 is 11.1 Å². The first kappa shape index (κ1) is 12.8. The molecule has 0 aromatic heterocycles. The summed E-state index contributed by atoms with van der Waals surface area (Å²) in [7, 11) is 0. The molecule has 0 aliphatic rings. The average Bonchev–Trinajstić information content (AvgIpc) is 2.20. The average molecular weight is 204 g/mol. The van der Waals surface area contributed by atoms with Crippen molar-refractivity contribution in [1.29, 1.82) is 0 Å². The van der Waals surface area contributed by atoms with Crippen molar-refractivity contribution in [2.75, 3.05) is 19.3 Å². The van der Waals surface area contributed by atoms with Crippen molar-refractivity contribution in [1.82, 2.24) is 5.32 Å². The Morgan fingerprint density at radius 1 is 1.46 bits per heavy atom. The van der Waals surface area contributed by atoms with E-state index in [4.69, 9.17) is 5.73 Å². The summed E-state index contributed by atoms with van der Waals surface area (Å²) >= 11 is 1.81. The molecule has 0 radical (unpaired) electrons. The normalized spacial score (nSPS) is 11.4. The fourth-order valence-electron chi connectivity index (χ4n) is 1.19. The van der Waals surface area contributed by atoms with Crippen molar-refractivity contribution >= 4 is 17.7 Å². The number of nitrogens with one attached hydrogen (secondary N) is 1. The van der Waals surface area contributed by atoms with Gasteiger partial charge in [0.05, 0.1) is 6.54 Å². The standard InChI is InChI=1S/C9H20N2OS/c1-4-9(5-2,13-3)7-11-8(12)6-10/h4-7,10H2,1-3H3,(H,11,12). The second-order valence-corrected chi connectivity index (χ2v) is 4.35. The molecule has 0 aliphatic heterocycles. The van der Waals surface area contributed by atoms with Gasteiger partial charge in [0, 0.05) is 11.3 Å². The summed E-state index contributed by atoms with van der Waals surface area (Å²) in [6.07, 6.45) is 4.21. The van der Waals surface area contributed by atoms with Gasteiger partial charge in [-0.1, -0.05) is 13.8 Å². The van der Waals surface area contributed by atoms with Crippen LogP contribution < -0.4 is 11.1 Å². The van der Waals surface area contributed by atoms with Crippen LogP contribution in [-0.2, 0) is 4.79 Å². The quantitative estimate of drug-likeness (QED) is 0.678. The van der Waals surface area contributed by atoms with Crippen LogP contribution >= 0.6 is 11.8 Å². The van der Waals surface area contributed by atoms with E-state index in [2.05, 4.69) is 25.4 Å². The van der Waals surface area contributed by atoms with Crippen LogP contribution in [-0.4, -0.2) is 30.0 Å². The van der Waals surface area contributed by atoms with Gasteiger partial charge in [-0.15, -0.1) is 0 Å². The van der Waals surface area contributed by atoms with E-state index in [1.54, 1.807) is 0 Å². The van der Waals surface area contributed by atoms with E-state index >= 15 is 0 Å². The topological polar surface area (TPSA) is 55.1 Å². The lowest BCUT2D eigenvalue weighted by atomic mass is 10.0. The van der Waals surface area contributed by atoms with E-state index in [-0.39, 0.29) is 17.2 Å².